The maximum atomic E-state index is 13.3. The minimum Gasteiger partial charge on any atom is -0.493 e. The lowest BCUT2D eigenvalue weighted by molar-refractivity contribution is -0.159. The van der Waals surface area contributed by atoms with E-state index in [0.717, 1.165) is 13.2 Å². The number of rotatable bonds is 10. The van der Waals surface area contributed by atoms with Crippen LogP contribution < -0.4 is 14.2 Å². The molecule has 0 saturated heterocycles. The van der Waals surface area contributed by atoms with E-state index in [4.69, 9.17) is 23.7 Å². The van der Waals surface area contributed by atoms with Crippen molar-refractivity contribution in [3.63, 3.8) is 0 Å². The molecule has 3 aromatic rings. The number of allylic oxidation sites excluding steroid dienone is 1. The maximum Gasteiger partial charge on any atom is 0.359 e. The fourth-order valence-corrected chi connectivity index (χ4v) is 3.53. The van der Waals surface area contributed by atoms with Gasteiger partial charge < -0.3 is 23.7 Å². The SMILES string of the molecule is COC(=O)C(/C=C/C(=O)c1ccccc1)(OC(=O)c1ccccc1)c1cc(OC)c(OC)c(OC)c1. The molecule has 1 unspecified atom stereocenters. The van der Waals surface area contributed by atoms with Gasteiger partial charge in [0.05, 0.1) is 34.0 Å². The number of carbonyl (C=O) groups excluding carboxylic acids is 3. The first kappa shape index (κ1) is 26.0. The van der Waals surface area contributed by atoms with Crippen LogP contribution >= 0.6 is 0 Å². The number of hydrogen-bond acceptors (Lipinski definition) is 8. The van der Waals surface area contributed by atoms with Crippen LogP contribution in [0.5, 0.6) is 17.2 Å². The quantitative estimate of drug-likeness (QED) is 0.235. The Bertz CT molecular complexity index is 1230. The van der Waals surface area contributed by atoms with Gasteiger partial charge in [-0.2, -0.15) is 0 Å². The molecule has 8 nitrogen and oxygen atoms in total. The van der Waals surface area contributed by atoms with Gasteiger partial charge in [-0.25, -0.2) is 9.59 Å². The van der Waals surface area contributed by atoms with E-state index in [9.17, 15) is 14.4 Å². The largest absolute Gasteiger partial charge is 0.493 e. The Morgan fingerprint density at radius 2 is 1.25 bits per heavy atom. The van der Waals surface area contributed by atoms with Gasteiger partial charge in [-0.15, -0.1) is 0 Å². The van der Waals surface area contributed by atoms with Gasteiger partial charge in [0.25, 0.3) is 5.60 Å². The summed E-state index contributed by atoms with van der Waals surface area (Å²) in [6.45, 7) is 0. The molecule has 0 heterocycles. The van der Waals surface area contributed by atoms with Crippen LogP contribution in [0.25, 0.3) is 0 Å². The molecule has 186 valence electrons. The number of esters is 2. The number of carbonyl (C=O) groups is 3. The average molecular weight is 491 g/mol. The van der Waals surface area contributed by atoms with Crippen LogP contribution in [0.15, 0.2) is 84.9 Å². The zero-order chi connectivity index (χ0) is 26.1. The minimum atomic E-state index is -2.17. The van der Waals surface area contributed by atoms with E-state index < -0.39 is 23.3 Å². The Balaban J connectivity index is 2.24. The fraction of sp³-hybridized carbons (Fsp3) is 0.179. The summed E-state index contributed by atoms with van der Waals surface area (Å²) in [6.07, 6.45) is 2.35. The van der Waals surface area contributed by atoms with Crippen LogP contribution in [0.1, 0.15) is 26.3 Å². The molecular formula is C28H26O8. The van der Waals surface area contributed by atoms with Crippen LogP contribution in [0.2, 0.25) is 0 Å². The van der Waals surface area contributed by atoms with Gasteiger partial charge in [-0.3, -0.25) is 4.79 Å². The molecule has 0 aliphatic carbocycles. The van der Waals surface area contributed by atoms with Gasteiger partial charge in [0.2, 0.25) is 5.75 Å². The highest BCUT2D eigenvalue weighted by Crippen LogP contribution is 2.43. The molecule has 0 spiro atoms. The van der Waals surface area contributed by atoms with Gasteiger partial charge >= 0.3 is 11.9 Å². The van der Waals surface area contributed by atoms with Gasteiger partial charge in [-0.05, 0) is 36.4 Å². The predicted molar refractivity (Wildman–Crippen MR) is 132 cm³/mol. The van der Waals surface area contributed by atoms with Crippen molar-refractivity contribution in [2.75, 3.05) is 28.4 Å². The van der Waals surface area contributed by atoms with Crippen LogP contribution in [0.3, 0.4) is 0 Å². The summed E-state index contributed by atoms with van der Waals surface area (Å²) in [4.78, 5) is 39.4. The highest BCUT2D eigenvalue weighted by Gasteiger charge is 2.45. The second kappa shape index (κ2) is 11.7. The summed E-state index contributed by atoms with van der Waals surface area (Å²) in [5.41, 5.74) is -1.48. The molecule has 0 fully saturated rings. The van der Waals surface area contributed by atoms with E-state index in [-0.39, 0.29) is 28.4 Å². The molecule has 0 amide bonds. The molecule has 3 rings (SSSR count). The average Bonchev–Trinajstić information content (AvgIpc) is 2.94. The number of methoxy groups -OCH3 is 4. The molecule has 0 N–H and O–H groups in total. The van der Waals surface area contributed by atoms with Crippen molar-refractivity contribution in [2.45, 2.75) is 5.60 Å². The lowest BCUT2D eigenvalue weighted by Gasteiger charge is -2.29. The standard InChI is InChI=1S/C28H26O8/c1-32-23-17-21(18-24(33-2)25(23)34-3)28(27(31)35-4,36-26(30)20-13-9-6-10-14-20)16-15-22(29)19-11-7-5-8-12-19/h5-18H,1-4H3/b16-15+. The van der Waals surface area contributed by atoms with Gasteiger partial charge in [0, 0.05) is 11.1 Å². The van der Waals surface area contributed by atoms with Crippen LogP contribution in [0, 0.1) is 0 Å². The highest BCUT2D eigenvalue weighted by atomic mass is 16.6. The summed E-state index contributed by atoms with van der Waals surface area (Å²) in [7, 11) is 5.40. The monoisotopic (exact) mass is 490 g/mol. The van der Waals surface area contributed by atoms with Crippen molar-refractivity contribution >= 4 is 17.7 Å². The summed E-state index contributed by atoms with van der Waals surface area (Å²) in [5, 5.41) is 0. The summed E-state index contributed by atoms with van der Waals surface area (Å²) < 4.78 is 27.1. The van der Waals surface area contributed by atoms with Crippen molar-refractivity contribution in [3.05, 3.63) is 102 Å². The fourth-order valence-electron chi connectivity index (χ4n) is 3.53. The highest BCUT2D eigenvalue weighted by molar-refractivity contribution is 6.05. The number of ketones is 1. The van der Waals surface area contributed by atoms with Gasteiger partial charge in [-0.1, -0.05) is 48.5 Å². The molecule has 3 aromatic carbocycles. The van der Waals surface area contributed by atoms with E-state index in [1.54, 1.807) is 60.7 Å². The van der Waals surface area contributed by atoms with E-state index in [1.165, 1.54) is 39.5 Å². The Morgan fingerprint density at radius 1 is 0.722 bits per heavy atom. The third-order valence-electron chi connectivity index (χ3n) is 5.37. The smallest absolute Gasteiger partial charge is 0.359 e. The van der Waals surface area contributed by atoms with E-state index in [1.807, 2.05) is 0 Å². The molecule has 0 radical (unpaired) electrons. The second-order valence-electron chi connectivity index (χ2n) is 7.46. The minimum absolute atomic E-state index is 0.116. The van der Waals surface area contributed by atoms with Crippen molar-refractivity contribution in [2.24, 2.45) is 0 Å². The van der Waals surface area contributed by atoms with Crippen LogP contribution in [0.4, 0.5) is 0 Å². The molecule has 0 bridgehead atoms. The molecule has 0 aromatic heterocycles. The van der Waals surface area contributed by atoms with Crippen molar-refractivity contribution in [1.29, 1.82) is 0 Å². The Morgan fingerprint density at radius 3 is 1.72 bits per heavy atom. The Labute approximate surface area is 209 Å². The molecule has 1 atom stereocenters. The number of benzene rings is 3. The summed E-state index contributed by atoms with van der Waals surface area (Å²) >= 11 is 0. The molecule has 0 aliphatic heterocycles. The zero-order valence-corrected chi connectivity index (χ0v) is 20.3. The molecule has 36 heavy (non-hydrogen) atoms. The molecule has 8 heteroatoms. The van der Waals surface area contributed by atoms with E-state index >= 15 is 0 Å². The van der Waals surface area contributed by atoms with E-state index in [2.05, 4.69) is 0 Å². The summed E-state index contributed by atoms with van der Waals surface area (Å²) in [6, 6.07) is 19.5. The predicted octanol–water partition coefficient (Wildman–Crippen LogP) is 4.38. The summed E-state index contributed by atoms with van der Waals surface area (Å²) in [5.74, 6) is -1.49. The van der Waals surface area contributed by atoms with Crippen LogP contribution in [-0.2, 0) is 19.9 Å². The van der Waals surface area contributed by atoms with Gasteiger partial charge in [0.15, 0.2) is 17.3 Å². The third-order valence-corrected chi connectivity index (χ3v) is 5.37. The first-order valence-corrected chi connectivity index (χ1v) is 10.9. The van der Waals surface area contributed by atoms with Crippen molar-refractivity contribution < 1.29 is 38.1 Å². The topological polar surface area (TPSA) is 97.4 Å². The zero-order valence-electron chi connectivity index (χ0n) is 20.3. The lowest BCUT2D eigenvalue weighted by Crippen LogP contribution is -2.40. The normalized spacial score (nSPS) is 12.3. The van der Waals surface area contributed by atoms with Crippen molar-refractivity contribution in [1.82, 2.24) is 0 Å². The number of ether oxygens (including phenoxy) is 5. The first-order valence-electron chi connectivity index (χ1n) is 10.9. The van der Waals surface area contributed by atoms with E-state index in [0.29, 0.717) is 5.56 Å². The molecule has 0 saturated carbocycles. The van der Waals surface area contributed by atoms with Crippen LogP contribution in [-0.4, -0.2) is 46.2 Å². The molecular weight excluding hydrogens is 464 g/mol. The lowest BCUT2D eigenvalue weighted by atomic mass is 9.91. The first-order chi connectivity index (χ1) is 17.4. The maximum absolute atomic E-state index is 13.3. The molecule has 0 aliphatic rings. The second-order valence-corrected chi connectivity index (χ2v) is 7.46. The number of hydrogen-bond donors (Lipinski definition) is 0. The van der Waals surface area contributed by atoms with Crippen molar-refractivity contribution in [3.8, 4) is 17.2 Å². The Kier molecular flexibility index (Phi) is 8.46. The Hall–Kier alpha value is -4.59. The van der Waals surface area contributed by atoms with Gasteiger partial charge in [0.1, 0.15) is 0 Å². The third kappa shape index (κ3) is 5.38.